The zero-order valence-electron chi connectivity index (χ0n) is 17.9. The van der Waals surface area contributed by atoms with E-state index in [-0.39, 0.29) is 23.4 Å². The van der Waals surface area contributed by atoms with Crippen LogP contribution in [0.15, 0.2) is 36.4 Å². The molecule has 0 aliphatic heterocycles. The van der Waals surface area contributed by atoms with Crippen LogP contribution in [0.1, 0.15) is 55.6 Å². The van der Waals surface area contributed by atoms with Gasteiger partial charge in [-0.05, 0) is 54.2 Å². The molecule has 0 aliphatic carbocycles. The summed E-state index contributed by atoms with van der Waals surface area (Å²) < 4.78 is 44.6. The van der Waals surface area contributed by atoms with Gasteiger partial charge in [0.25, 0.3) is 5.91 Å². The molecule has 0 heterocycles. The number of halogens is 4. The first-order chi connectivity index (χ1) is 14.3. The van der Waals surface area contributed by atoms with Gasteiger partial charge in [-0.1, -0.05) is 39.3 Å². The maximum absolute atomic E-state index is 12.9. The van der Waals surface area contributed by atoms with E-state index < -0.39 is 23.4 Å². The van der Waals surface area contributed by atoms with Gasteiger partial charge in [0.15, 0.2) is 0 Å². The second-order valence-electron chi connectivity index (χ2n) is 8.58. The van der Waals surface area contributed by atoms with Crippen LogP contribution in [0.2, 0.25) is 5.02 Å². The monoisotopic (exact) mass is 457 g/mol. The Bertz CT molecular complexity index is 923. The van der Waals surface area contributed by atoms with Gasteiger partial charge in [0.1, 0.15) is 11.5 Å². The van der Waals surface area contributed by atoms with E-state index in [4.69, 9.17) is 16.3 Å². The lowest BCUT2D eigenvalue weighted by atomic mass is 9.86. The summed E-state index contributed by atoms with van der Waals surface area (Å²) in [6.45, 7) is 8.85. The molecule has 0 aromatic heterocycles. The van der Waals surface area contributed by atoms with Crippen molar-refractivity contribution >= 4 is 17.5 Å². The molecular formula is C23H27ClF3NO3. The van der Waals surface area contributed by atoms with Crippen molar-refractivity contribution in [2.45, 2.75) is 45.7 Å². The van der Waals surface area contributed by atoms with Gasteiger partial charge in [0, 0.05) is 22.7 Å². The average molecular weight is 458 g/mol. The molecule has 0 spiro atoms. The number of phenols is 1. The molecule has 2 aromatic carbocycles. The van der Waals surface area contributed by atoms with Gasteiger partial charge in [-0.2, -0.15) is 13.2 Å². The molecule has 2 rings (SSSR count). The molecule has 1 amide bonds. The highest BCUT2D eigenvalue weighted by atomic mass is 35.5. The summed E-state index contributed by atoms with van der Waals surface area (Å²) >= 11 is 6.11. The van der Waals surface area contributed by atoms with Crippen LogP contribution >= 0.6 is 11.6 Å². The van der Waals surface area contributed by atoms with Gasteiger partial charge in [-0.25, -0.2) is 0 Å². The quantitative estimate of drug-likeness (QED) is 0.520. The number of carbonyl (C=O) groups is 1. The van der Waals surface area contributed by atoms with Crippen molar-refractivity contribution < 1.29 is 27.8 Å². The zero-order valence-corrected chi connectivity index (χ0v) is 18.7. The van der Waals surface area contributed by atoms with Crippen LogP contribution in [-0.4, -0.2) is 24.2 Å². The number of carbonyl (C=O) groups excluding carboxylic acids is 1. The summed E-state index contributed by atoms with van der Waals surface area (Å²) in [6.07, 6.45) is -4.16. The number of phenolic OH excluding ortho intramolecular Hbond substituents is 1. The molecule has 0 bridgehead atoms. The van der Waals surface area contributed by atoms with Gasteiger partial charge in [0.05, 0.1) is 12.2 Å². The summed E-state index contributed by atoms with van der Waals surface area (Å²) in [5.41, 5.74) is -0.547. The van der Waals surface area contributed by atoms with E-state index in [1.165, 1.54) is 0 Å². The Balaban J connectivity index is 1.89. The predicted octanol–water partition coefficient (Wildman–Crippen LogP) is 6.20. The van der Waals surface area contributed by atoms with Crippen LogP contribution < -0.4 is 10.1 Å². The number of ether oxygens (including phenoxy) is 1. The van der Waals surface area contributed by atoms with Gasteiger partial charge in [0.2, 0.25) is 0 Å². The van der Waals surface area contributed by atoms with E-state index in [0.29, 0.717) is 24.1 Å². The summed E-state index contributed by atoms with van der Waals surface area (Å²) in [6, 6.07) is 8.15. The highest BCUT2D eigenvalue weighted by molar-refractivity contribution is 6.30. The summed E-state index contributed by atoms with van der Waals surface area (Å²) in [7, 11) is 0. The van der Waals surface area contributed by atoms with Crippen molar-refractivity contribution in [2.75, 3.05) is 13.2 Å². The first-order valence-corrected chi connectivity index (χ1v) is 10.3. The Kier molecular flexibility index (Phi) is 7.87. The maximum Gasteiger partial charge on any atom is 0.419 e. The Hall–Kier alpha value is -2.41. The van der Waals surface area contributed by atoms with Gasteiger partial charge in [-0.15, -0.1) is 0 Å². The molecule has 1 atom stereocenters. The lowest BCUT2D eigenvalue weighted by Gasteiger charge is -2.24. The van der Waals surface area contributed by atoms with E-state index in [1.807, 2.05) is 19.1 Å². The fourth-order valence-corrected chi connectivity index (χ4v) is 3.14. The Labute approximate surface area is 185 Å². The Morgan fingerprint density at radius 1 is 1.13 bits per heavy atom. The Morgan fingerprint density at radius 2 is 1.81 bits per heavy atom. The molecule has 0 aliphatic rings. The second-order valence-corrected chi connectivity index (χ2v) is 9.02. The van der Waals surface area contributed by atoms with Crippen molar-refractivity contribution in [2.24, 2.45) is 5.92 Å². The lowest BCUT2D eigenvalue weighted by molar-refractivity contribution is -0.138. The highest BCUT2D eigenvalue weighted by Gasteiger charge is 2.34. The van der Waals surface area contributed by atoms with E-state index in [0.717, 1.165) is 23.4 Å². The number of hydrogen-bond acceptors (Lipinski definition) is 3. The van der Waals surface area contributed by atoms with E-state index in [9.17, 15) is 23.1 Å². The molecule has 2 N–H and O–H groups in total. The van der Waals surface area contributed by atoms with E-state index in [1.54, 1.807) is 6.07 Å². The lowest BCUT2D eigenvalue weighted by Crippen LogP contribution is -2.27. The number of alkyl halides is 3. The molecule has 4 nitrogen and oxygen atoms in total. The summed E-state index contributed by atoms with van der Waals surface area (Å²) in [5.74, 6) is -0.705. The fourth-order valence-electron chi connectivity index (χ4n) is 2.97. The normalized spacial score (nSPS) is 13.0. The third-order valence-electron chi connectivity index (χ3n) is 4.76. The first kappa shape index (κ1) is 24.9. The van der Waals surface area contributed by atoms with Crippen molar-refractivity contribution in [1.82, 2.24) is 5.32 Å². The van der Waals surface area contributed by atoms with Gasteiger partial charge in [-0.3, -0.25) is 4.79 Å². The van der Waals surface area contributed by atoms with Crippen LogP contribution in [0.5, 0.6) is 11.5 Å². The van der Waals surface area contributed by atoms with Crippen molar-refractivity contribution in [3.63, 3.8) is 0 Å². The van der Waals surface area contributed by atoms with E-state index >= 15 is 0 Å². The minimum absolute atomic E-state index is 0.0920. The molecule has 0 saturated carbocycles. The predicted molar refractivity (Wildman–Crippen MR) is 115 cm³/mol. The van der Waals surface area contributed by atoms with Gasteiger partial charge < -0.3 is 15.2 Å². The number of benzene rings is 2. The van der Waals surface area contributed by atoms with Crippen LogP contribution in [0.25, 0.3) is 0 Å². The van der Waals surface area contributed by atoms with Crippen LogP contribution in [0.4, 0.5) is 13.2 Å². The van der Waals surface area contributed by atoms with Crippen molar-refractivity contribution in [3.05, 3.63) is 58.1 Å². The van der Waals surface area contributed by atoms with Crippen LogP contribution in [0.3, 0.4) is 0 Å². The highest BCUT2D eigenvalue weighted by Crippen LogP contribution is 2.36. The maximum atomic E-state index is 12.9. The molecule has 0 radical (unpaired) electrons. The minimum atomic E-state index is -4.74. The standard InChI is InChI=1S/C23H27ClF3NO3/c1-14(13-31-20-8-6-16(24)12-18(20)22(2,3)4)9-10-28-21(30)15-5-7-19(29)17(11-15)23(25,26)27/h5-8,11-12,14,29H,9-10,13H2,1-4H3,(H,28,30). The Morgan fingerprint density at radius 3 is 2.42 bits per heavy atom. The molecule has 2 aromatic rings. The molecule has 0 saturated heterocycles. The first-order valence-electron chi connectivity index (χ1n) is 9.90. The molecule has 170 valence electrons. The van der Waals surface area contributed by atoms with E-state index in [2.05, 4.69) is 26.1 Å². The smallest absolute Gasteiger partial charge is 0.419 e. The minimum Gasteiger partial charge on any atom is -0.507 e. The van der Waals surface area contributed by atoms with Crippen LogP contribution in [-0.2, 0) is 11.6 Å². The SMILES string of the molecule is CC(CCNC(=O)c1ccc(O)c(C(F)(F)F)c1)COc1ccc(Cl)cc1C(C)(C)C. The number of amides is 1. The molecule has 1 unspecified atom stereocenters. The molecular weight excluding hydrogens is 431 g/mol. The fraction of sp³-hybridized carbons (Fsp3) is 0.435. The number of nitrogens with one attached hydrogen (secondary N) is 1. The molecule has 31 heavy (non-hydrogen) atoms. The number of hydrogen-bond donors (Lipinski definition) is 2. The third-order valence-corrected chi connectivity index (χ3v) is 4.99. The average Bonchev–Trinajstić information content (AvgIpc) is 2.65. The topological polar surface area (TPSA) is 58.6 Å². The zero-order chi connectivity index (χ0) is 23.4. The molecule has 8 heteroatoms. The van der Waals surface area contributed by atoms with Crippen LogP contribution in [0, 0.1) is 5.92 Å². The van der Waals surface area contributed by atoms with Crippen molar-refractivity contribution in [1.29, 1.82) is 0 Å². The largest absolute Gasteiger partial charge is 0.507 e. The third kappa shape index (κ3) is 7.06. The number of rotatable bonds is 7. The summed E-state index contributed by atoms with van der Waals surface area (Å²) in [5, 5.41) is 12.6. The number of aromatic hydroxyl groups is 1. The summed E-state index contributed by atoms with van der Waals surface area (Å²) in [4.78, 5) is 12.2. The molecule has 0 fully saturated rings. The van der Waals surface area contributed by atoms with Crippen molar-refractivity contribution in [3.8, 4) is 11.5 Å². The second kappa shape index (κ2) is 9.81. The van der Waals surface area contributed by atoms with Gasteiger partial charge >= 0.3 is 6.18 Å².